The standard InChI is InChI=1S/C43H48N2O6S2/c1-42(2)38(44(28-14-16-30-52-51-50-46)36-26-24-32-18-10-12-20-34(32)40(36)42)22-8-6-5-7-9-23-39-43(3,4)41-35-21-13-11-19-33(35)25-27-37(41)45(39)29-15-17-31-53(47,48)49/h5-13,18-27H,14-17,28-31H2,1-4H3,(H-,46,47,48,49)/p-1. The van der Waals surface area contributed by atoms with E-state index < -0.39 is 10.1 Å². The van der Waals surface area contributed by atoms with Crippen molar-refractivity contribution < 1.29 is 32.2 Å². The molecule has 2 aliphatic rings. The van der Waals surface area contributed by atoms with E-state index in [2.05, 4.69) is 150 Å². The van der Waals surface area contributed by atoms with Crippen LogP contribution in [0.4, 0.5) is 11.4 Å². The number of rotatable bonds is 16. The van der Waals surface area contributed by atoms with Crippen molar-refractivity contribution in [1.29, 1.82) is 0 Å². The number of benzene rings is 4. The Morgan fingerprint density at radius 3 is 2.15 bits per heavy atom. The zero-order valence-electron chi connectivity index (χ0n) is 30.8. The first kappa shape index (κ1) is 38.7. The van der Waals surface area contributed by atoms with E-state index in [0.717, 1.165) is 42.8 Å². The molecular weight excluding hydrogens is 705 g/mol. The summed E-state index contributed by atoms with van der Waals surface area (Å²) in [5.41, 5.74) is 6.77. The Morgan fingerprint density at radius 2 is 1.43 bits per heavy atom. The van der Waals surface area contributed by atoms with Gasteiger partial charge in [0.05, 0.1) is 15.5 Å². The molecule has 0 atom stereocenters. The number of fused-ring (bicyclic) bond motifs is 6. The second-order valence-corrected chi connectivity index (χ2v) is 16.9. The zero-order valence-corrected chi connectivity index (χ0v) is 32.4. The van der Waals surface area contributed by atoms with Gasteiger partial charge < -0.3 is 14.7 Å². The molecule has 0 aliphatic carbocycles. The van der Waals surface area contributed by atoms with Crippen LogP contribution in [0.2, 0.25) is 0 Å². The quantitative estimate of drug-likeness (QED) is 0.0213. The molecule has 6 rings (SSSR count). The van der Waals surface area contributed by atoms with E-state index in [1.165, 1.54) is 44.1 Å². The molecule has 0 bridgehead atoms. The van der Waals surface area contributed by atoms with Gasteiger partial charge in [-0.3, -0.25) is 5.04 Å². The molecule has 0 aromatic heterocycles. The molecule has 8 nitrogen and oxygen atoms in total. The fraction of sp³-hybridized carbons (Fsp3) is 0.326. The smallest absolute Gasteiger partial charge is 0.210 e. The third-order valence-electron chi connectivity index (χ3n) is 10.4. The summed E-state index contributed by atoms with van der Waals surface area (Å²) in [6.45, 7) is 10.5. The van der Waals surface area contributed by atoms with Gasteiger partial charge in [0.2, 0.25) is 5.69 Å². The number of unbranched alkanes of at least 4 members (excludes halogenated alkanes) is 2. The van der Waals surface area contributed by atoms with Gasteiger partial charge in [-0.15, -0.1) is 0 Å². The SMILES string of the molecule is CC1(C)C(=C/C=C/C=C/C=C/C2=[N+](CCCCS(=O)(=O)[O-])c3ccc4ccccc4c3C2(C)C)N(CCCCSOO[O-])c2ccc3ccccc3c21. The fourth-order valence-corrected chi connectivity index (χ4v) is 9.06. The third-order valence-corrected chi connectivity index (χ3v) is 11.8. The van der Waals surface area contributed by atoms with E-state index >= 15 is 0 Å². The van der Waals surface area contributed by atoms with Crippen molar-refractivity contribution in [1.82, 2.24) is 0 Å². The Bertz CT molecular complexity index is 2230. The summed E-state index contributed by atoms with van der Waals surface area (Å²) in [7, 11) is -4.25. The van der Waals surface area contributed by atoms with E-state index in [0.29, 0.717) is 25.1 Å². The van der Waals surface area contributed by atoms with Crippen molar-refractivity contribution in [2.24, 2.45) is 0 Å². The maximum Gasteiger partial charge on any atom is 0.210 e. The monoisotopic (exact) mass is 751 g/mol. The Kier molecular flexibility index (Phi) is 12.1. The van der Waals surface area contributed by atoms with Crippen molar-refractivity contribution in [3.8, 4) is 0 Å². The molecule has 10 heteroatoms. The lowest BCUT2D eigenvalue weighted by Crippen LogP contribution is -2.28. The number of hydrogen-bond acceptors (Lipinski definition) is 8. The number of allylic oxidation sites excluding steroid dienone is 8. The van der Waals surface area contributed by atoms with E-state index in [1.807, 2.05) is 12.2 Å². The molecule has 0 radical (unpaired) electrons. The minimum atomic E-state index is -4.25. The highest BCUT2D eigenvalue weighted by atomic mass is 32.2. The molecule has 2 aliphatic heterocycles. The van der Waals surface area contributed by atoms with Crippen LogP contribution in [0.5, 0.6) is 0 Å². The Morgan fingerprint density at radius 1 is 0.774 bits per heavy atom. The maximum atomic E-state index is 11.3. The molecule has 0 N–H and O–H groups in total. The highest BCUT2D eigenvalue weighted by molar-refractivity contribution is 7.94. The highest BCUT2D eigenvalue weighted by Gasteiger charge is 2.45. The van der Waals surface area contributed by atoms with E-state index in [9.17, 15) is 18.2 Å². The normalized spacial score (nSPS) is 17.5. The van der Waals surface area contributed by atoms with E-state index in [-0.39, 0.29) is 16.6 Å². The fourth-order valence-electron chi connectivity index (χ4n) is 8.07. The topological polar surface area (TPSA) is 105 Å². The van der Waals surface area contributed by atoms with Gasteiger partial charge in [-0.2, -0.15) is 8.91 Å². The molecule has 0 saturated heterocycles. The summed E-state index contributed by atoms with van der Waals surface area (Å²) in [4.78, 5) is 2.42. The highest BCUT2D eigenvalue weighted by Crippen LogP contribution is 2.51. The average molecular weight is 752 g/mol. The summed E-state index contributed by atoms with van der Waals surface area (Å²) in [5.74, 6) is 0.320. The predicted octanol–water partition coefficient (Wildman–Crippen LogP) is 8.70. The first-order valence-corrected chi connectivity index (χ1v) is 20.6. The minimum absolute atomic E-state index is 0.219. The lowest BCUT2D eigenvalue weighted by atomic mass is 9.79. The Balaban J connectivity index is 1.23. The van der Waals surface area contributed by atoms with Crippen molar-refractivity contribution in [3.63, 3.8) is 0 Å². The van der Waals surface area contributed by atoms with Crippen LogP contribution in [-0.4, -0.2) is 47.9 Å². The van der Waals surface area contributed by atoms with Crippen molar-refractivity contribution in [3.05, 3.63) is 132 Å². The van der Waals surface area contributed by atoms with Crippen molar-refractivity contribution in [2.45, 2.75) is 64.2 Å². The summed E-state index contributed by atoms with van der Waals surface area (Å²) in [5, 5.41) is 18.5. The largest absolute Gasteiger partial charge is 0.748 e. The number of nitrogens with zero attached hydrogens (tertiary/aromatic N) is 2. The van der Waals surface area contributed by atoms with Gasteiger partial charge >= 0.3 is 0 Å². The Hall–Kier alpha value is -4.03. The first-order valence-electron chi connectivity index (χ1n) is 18.2. The third kappa shape index (κ3) is 8.38. The molecule has 4 aromatic carbocycles. The minimum Gasteiger partial charge on any atom is -0.748 e. The predicted molar refractivity (Wildman–Crippen MR) is 214 cm³/mol. The van der Waals surface area contributed by atoms with Crippen LogP contribution in [0.15, 0.2) is 121 Å². The molecular formula is C43H47N2O6S2-. The summed E-state index contributed by atoms with van der Waals surface area (Å²) in [6, 6.07) is 25.7. The van der Waals surface area contributed by atoms with Crippen LogP contribution in [0, 0.1) is 0 Å². The van der Waals surface area contributed by atoms with Crippen molar-refractivity contribution in [2.75, 3.05) is 29.5 Å². The summed E-state index contributed by atoms with van der Waals surface area (Å²) >= 11 is 1.03. The van der Waals surface area contributed by atoms with Crippen LogP contribution < -0.4 is 10.2 Å². The van der Waals surface area contributed by atoms with Crippen LogP contribution in [-0.2, 0) is 30.3 Å². The molecule has 0 amide bonds. The lowest BCUT2D eigenvalue weighted by Gasteiger charge is -2.27. The molecule has 4 aromatic rings. The molecule has 0 saturated carbocycles. The average Bonchev–Trinajstić information content (AvgIpc) is 3.49. The van der Waals surface area contributed by atoms with Gasteiger partial charge in [-0.1, -0.05) is 98.8 Å². The van der Waals surface area contributed by atoms with Crippen LogP contribution >= 0.6 is 12.0 Å². The van der Waals surface area contributed by atoms with Gasteiger partial charge in [0.25, 0.3) is 0 Å². The van der Waals surface area contributed by atoms with E-state index in [1.54, 1.807) is 0 Å². The van der Waals surface area contributed by atoms with Gasteiger partial charge in [-0.05, 0) is 78.4 Å². The summed E-state index contributed by atoms with van der Waals surface area (Å²) < 4.78 is 40.5. The molecule has 0 unspecified atom stereocenters. The number of anilines is 1. The lowest BCUT2D eigenvalue weighted by molar-refractivity contribution is -0.777. The zero-order chi connectivity index (χ0) is 37.6. The van der Waals surface area contributed by atoms with Crippen LogP contribution in [0.1, 0.15) is 64.5 Å². The van der Waals surface area contributed by atoms with Gasteiger partial charge in [-0.25, -0.2) is 8.42 Å². The molecule has 53 heavy (non-hydrogen) atoms. The van der Waals surface area contributed by atoms with Gasteiger partial charge in [0, 0.05) is 71.0 Å². The first-order chi connectivity index (χ1) is 25.4. The maximum absolute atomic E-state index is 11.3. The Labute approximate surface area is 317 Å². The van der Waals surface area contributed by atoms with Crippen LogP contribution in [0.3, 0.4) is 0 Å². The van der Waals surface area contributed by atoms with Crippen molar-refractivity contribution >= 4 is 60.8 Å². The second-order valence-electron chi connectivity index (χ2n) is 14.6. The summed E-state index contributed by atoms with van der Waals surface area (Å²) in [6.07, 6.45) is 17.4. The molecule has 0 fully saturated rings. The second kappa shape index (κ2) is 16.5. The number of hydrogen-bond donors (Lipinski definition) is 0. The van der Waals surface area contributed by atoms with E-state index in [4.69, 9.17) is 0 Å². The molecule has 0 spiro atoms. The molecule has 2 heterocycles. The van der Waals surface area contributed by atoms with Gasteiger partial charge in [0.15, 0.2) is 5.71 Å². The molecule has 278 valence electrons. The van der Waals surface area contributed by atoms with Crippen LogP contribution in [0.25, 0.3) is 21.5 Å². The van der Waals surface area contributed by atoms with Gasteiger partial charge in [0.1, 0.15) is 6.54 Å².